The van der Waals surface area contributed by atoms with Gasteiger partial charge in [-0.3, -0.25) is 9.69 Å². The number of para-hydroxylation sites is 1. The maximum atomic E-state index is 12.6. The van der Waals surface area contributed by atoms with E-state index >= 15 is 0 Å². The second kappa shape index (κ2) is 9.65. The molecule has 0 aromatic heterocycles. The van der Waals surface area contributed by atoms with Crippen LogP contribution >= 0.6 is 0 Å². The molecule has 0 spiro atoms. The molecule has 2 atom stereocenters. The van der Waals surface area contributed by atoms with Crippen LogP contribution in [0.5, 0.6) is 0 Å². The minimum Gasteiger partial charge on any atom is -0.389 e. The number of carbonyl (C=O) groups excluding carboxylic acids is 1. The molecule has 1 aromatic carbocycles. The Morgan fingerprint density at radius 2 is 1.87 bits per heavy atom. The van der Waals surface area contributed by atoms with Crippen LogP contribution in [0.4, 0.5) is 5.69 Å². The van der Waals surface area contributed by atoms with Crippen molar-refractivity contribution in [3.05, 3.63) is 29.3 Å². The fourth-order valence-corrected chi connectivity index (χ4v) is 2.57. The summed E-state index contributed by atoms with van der Waals surface area (Å²) in [7, 11) is 3.38. The van der Waals surface area contributed by atoms with Crippen LogP contribution in [0.3, 0.4) is 0 Å². The number of aliphatic hydroxyl groups excluding tert-OH is 1. The Hall–Kier alpha value is -1.43. The van der Waals surface area contributed by atoms with Crippen molar-refractivity contribution in [2.24, 2.45) is 0 Å². The minimum atomic E-state index is -0.602. The molecule has 0 saturated carbocycles. The van der Waals surface area contributed by atoms with Gasteiger partial charge in [-0.15, -0.1) is 0 Å². The zero-order valence-corrected chi connectivity index (χ0v) is 14.9. The summed E-state index contributed by atoms with van der Waals surface area (Å²) in [5, 5.41) is 12.9. The number of hydrogen-bond donors (Lipinski definition) is 2. The Bertz CT molecular complexity index is 483. The predicted octanol–water partition coefficient (Wildman–Crippen LogP) is 2.08. The van der Waals surface area contributed by atoms with Crippen molar-refractivity contribution in [2.45, 2.75) is 45.8 Å². The van der Waals surface area contributed by atoms with Crippen LogP contribution in [0.25, 0.3) is 0 Å². The first-order valence-electron chi connectivity index (χ1n) is 8.23. The Kier molecular flexibility index (Phi) is 8.23. The second-order valence-electron chi connectivity index (χ2n) is 5.87. The van der Waals surface area contributed by atoms with E-state index in [1.165, 1.54) is 0 Å². The highest BCUT2D eigenvalue weighted by molar-refractivity contribution is 5.96. The molecule has 23 heavy (non-hydrogen) atoms. The van der Waals surface area contributed by atoms with Gasteiger partial charge in [0.2, 0.25) is 5.91 Å². The normalized spacial score (nSPS) is 13.9. The molecule has 0 bridgehead atoms. The van der Waals surface area contributed by atoms with Gasteiger partial charge in [0.05, 0.1) is 18.8 Å². The van der Waals surface area contributed by atoms with Crippen LogP contribution in [0.15, 0.2) is 18.2 Å². The molecule has 0 radical (unpaired) electrons. The van der Waals surface area contributed by atoms with Gasteiger partial charge in [0.25, 0.3) is 0 Å². The van der Waals surface area contributed by atoms with Gasteiger partial charge in [-0.25, -0.2) is 0 Å². The third kappa shape index (κ3) is 5.61. The van der Waals surface area contributed by atoms with Crippen LogP contribution in [0, 0.1) is 0 Å². The average Bonchev–Trinajstić information content (AvgIpc) is 2.54. The Balaban J connectivity index is 2.79. The van der Waals surface area contributed by atoms with Crippen molar-refractivity contribution in [1.29, 1.82) is 0 Å². The van der Waals surface area contributed by atoms with Crippen LogP contribution in [0.1, 0.15) is 31.9 Å². The van der Waals surface area contributed by atoms with Crippen LogP contribution in [0.2, 0.25) is 0 Å². The molecule has 1 amide bonds. The van der Waals surface area contributed by atoms with E-state index in [1.54, 1.807) is 7.11 Å². The van der Waals surface area contributed by atoms with E-state index in [2.05, 4.69) is 19.2 Å². The molecule has 0 aliphatic rings. The molecule has 130 valence electrons. The first-order valence-corrected chi connectivity index (χ1v) is 8.23. The summed E-state index contributed by atoms with van der Waals surface area (Å²) in [4.78, 5) is 14.4. The molecule has 0 aliphatic carbocycles. The lowest BCUT2D eigenvalue weighted by molar-refractivity contribution is -0.120. The second-order valence-corrected chi connectivity index (χ2v) is 5.87. The number of likely N-dealkylation sites (N-methyl/N-ethyl adjacent to an activating group) is 1. The zero-order valence-electron chi connectivity index (χ0n) is 14.9. The third-order valence-corrected chi connectivity index (χ3v) is 4.15. The third-order valence-electron chi connectivity index (χ3n) is 4.15. The monoisotopic (exact) mass is 322 g/mol. The summed E-state index contributed by atoms with van der Waals surface area (Å²) >= 11 is 0. The van der Waals surface area contributed by atoms with Gasteiger partial charge >= 0.3 is 0 Å². The number of methoxy groups -OCH3 is 1. The number of aliphatic hydroxyl groups is 1. The predicted molar refractivity (Wildman–Crippen MR) is 93.8 cm³/mol. The van der Waals surface area contributed by atoms with E-state index in [0.717, 1.165) is 29.7 Å². The quantitative estimate of drug-likeness (QED) is 0.731. The first kappa shape index (κ1) is 19.6. The van der Waals surface area contributed by atoms with Crippen molar-refractivity contribution in [1.82, 2.24) is 4.90 Å². The van der Waals surface area contributed by atoms with Gasteiger partial charge in [0.1, 0.15) is 0 Å². The van der Waals surface area contributed by atoms with Gasteiger partial charge in [-0.2, -0.15) is 0 Å². The Morgan fingerprint density at radius 3 is 2.35 bits per heavy atom. The van der Waals surface area contributed by atoms with Crippen LogP contribution in [-0.4, -0.2) is 55.4 Å². The summed E-state index contributed by atoms with van der Waals surface area (Å²) in [6.45, 7) is 6.66. The fraction of sp³-hybridized carbons (Fsp3) is 0.611. The van der Waals surface area contributed by atoms with Crippen molar-refractivity contribution < 1.29 is 14.6 Å². The van der Waals surface area contributed by atoms with E-state index in [4.69, 9.17) is 4.74 Å². The lowest BCUT2D eigenvalue weighted by Crippen LogP contribution is -2.44. The lowest BCUT2D eigenvalue weighted by Gasteiger charge is -2.26. The summed E-state index contributed by atoms with van der Waals surface area (Å²) in [5.41, 5.74) is 3.22. The Morgan fingerprint density at radius 1 is 1.30 bits per heavy atom. The number of carbonyl (C=O) groups is 1. The summed E-state index contributed by atoms with van der Waals surface area (Å²) in [5.74, 6) is -0.0623. The largest absolute Gasteiger partial charge is 0.389 e. The molecule has 0 fully saturated rings. The van der Waals surface area contributed by atoms with Crippen molar-refractivity contribution in [2.75, 3.05) is 32.6 Å². The van der Waals surface area contributed by atoms with E-state index in [1.807, 2.05) is 37.1 Å². The van der Waals surface area contributed by atoms with Gasteiger partial charge in [-0.1, -0.05) is 32.0 Å². The molecule has 0 aliphatic heterocycles. The minimum absolute atomic E-state index is 0.0623. The molecular formula is C18H30N2O3. The molecule has 1 rings (SSSR count). The average molecular weight is 322 g/mol. The molecule has 0 heterocycles. The van der Waals surface area contributed by atoms with Gasteiger partial charge in [-0.05, 0) is 37.9 Å². The van der Waals surface area contributed by atoms with Crippen LogP contribution < -0.4 is 5.32 Å². The van der Waals surface area contributed by atoms with E-state index in [-0.39, 0.29) is 18.6 Å². The molecule has 1 aromatic rings. The van der Waals surface area contributed by atoms with Crippen molar-refractivity contribution >= 4 is 11.6 Å². The number of rotatable bonds is 9. The molecule has 0 saturated heterocycles. The van der Waals surface area contributed by atoms with Crippen molar-refractivity contribution in [3.63, 3.8) is 0 Å². The maximum Gasteiger partial charge on any atom is 0.241 e. The van der Waals surface area contributed by atoms with Gasteiger partial charge in [0, 0.05) is 19.3 Å². The lowest BCUT2D eigenvalue weighted by atomic mass is 10.0. The van der Waals surface area contributed by atoms with Gasteiger partial charge in [0.15, 0.2) is 0 Å². The molecule has 5 nitrogen and oxygen atoms in total. The van der Waals surface area contributed by atoms with E-state index in [0.29, 0.717) is 6.54 Å². The number of benzene rings is 1. The van der Waals surface area contributed by atoms with E-state index in [9.17, 15) is 9.90 Å². The molecule has 5 heteroatoms. The Labute approximate surface area is 139 Å². The standard InChI is InChI=1S/C18H30N2O3/c1-6-14-9-8-10-15(7-2)17(14)19-18(22)13(3)20(4)11-16(21)12-23-5/h8-10,13,16,21H,6-7,11-12H2,1-5H3,(H,19,22). The zero-order chi connectivity index (χ0) is 17.4. The highest BCUT2D eigenvalue weighted by Crippen LogP contribution is 2.23. The fourth-order valence-electron chi connectivity index (χ4n) is 2.57. The highest BCUT2D eigenvalue weighted by atomic mass is 16.5. The maximum absolute atomic E-state index is 12.6. The number of nitrogens with one attached hydrogen (secondary N) is 1. The van der Waals surface area contributed by atoms with Crippen molar-refractivity contribution in [3.8, 4) is 0 Å². The highest BCUT2D eigenvalue weighted by Gasteiger charge is 2.21. The van der Waals surface area contributed by atoms with Gasteiger partial charge < -0.3 is 15.2 Å². The summed E-state index contributed by atoms with van der Waals surface area (Å²) in [6, 6.07) is 5.79. The summed E-state index contributed by atoms with van der Waals surface area (Å²) in [6.07, 6.45) is 1.15. The molecule has 2 unspecified atom stereocenters. The molecular weight excluding hydrogens is 292 g/mol. The topological polar surface area (TPSA) is 61.8 Å². The smallest absolute Gasteiger partial charge is 0.241 e. The number of hydrogen-bond acceptors (Lipinski definition) is 4. The number of aryl methyl sites for hydroxylation is 2. The number of ether oxygens (including phenoxy) is 1. The SMILES string of the molecule is CCc1cccc(CC)c1NC(=O)C(C)N(C)CC(O)COC. The van der Waals surface area contributed by atoms with Crippen LogP contribution in [-0.2, 0) is 22.4 Å². The number of amides is 1. The number of nitrogens with zero attached hydrogens (tertiary/aromatic N) is 1. The number of anilines is 1. The summed E-state index contributed by atoms with van der Waals surface area (Å²) < 4.78 is 4.92. The van der Waals surface area contributed by atoms with E-state index < -0.39 is 6.10 Å². The first-order chi connectivity index (χ1) is 10.9. The molecule has 2 N–H and O–H groups in total.